The minimum Gasteiger partial charge on any atom is -0.208 e. The molecule has 11 aromatic rings. The third-order valence-electron chi connectivity index (χ3n) is 12.7. The van der Waals surface area contributed by atoms with E-state index >= 15 is 0 Å². The Morgan fingerprint density at radius 1 is 0.339 bits per heavy atom. The Hall–Kier alpha value is -7.31. The molecule has 2 aliphatic carbocycles. The lowest BCUT2D eigenvalue weighted by Gasteiger charge is -2.32. The zero-order valence-corrected chi connectivity index (χ0v) is 35.0. The van der Waals surface area contributed by atoms with E-state index in [0.29, 0.717) is 29.3 Å². The zero-order chi connectivity index (χ0) is 40.7. The third-order valence-corrected chi connectivity index (χ3v) is 15.0. The van der Waals surface area contributed by atoms with Crippen LogP contribution in [0.1, 0.15) is 34.1 Å². The molecule has 0 spiro atoms. The van der Waals surface area contributed by atoms with E-state index in [2.05, 4.69) is 182 Å². The number of fused-ring (bicyclic) bond motifs is 11. The Bertz CT molecular complexity index is 3670. The van der Waals surface area contributed by atoms with Gasteiger partial charge in [0.15, 0.2) is 17.5 Å². The number of thiophene rings is 2. The third kappa shape index (κ3) is 5.81. The molecule has 2 unspecified atom stereocenters. The van der Waals surface area contributed by atoms with Gasteiger partial charge in [0, 0.05) is 68.9 Å². The molecule has 0 saturated heterocycles. The van der Waals surface area contributed by atoms with Crippen molar-refractivity contribution in [2.75, 3.05) is 0 Å². The van der Waals surface area contributed by atoms with Gasteiger partial charge in [0.2, 0.25) is 0 Å². The lowest BCUT2D eigenvalue weighted by atomic mass is 9.71. The second-order valence-corrected chi connectivity index (χ2v) is 18.5. The topological polar surface area (TPSA) is 38.7 Å². The van der Waals surface area contributed by atoms with Gasteiger partial charge in [0.1, 0.15) is 0 Å². The summed E-state index contributed by atoms with van der Waals surface area (Å²) in [4.78, 5) is 15.4. The van der Waals surface area contributed by atoms with E-state index in [1.807, 2.05) is 40.9 Å². The first kappa shape index (κ1) is 35.4. The van der Waals surface area contributed by atoms with Crippen LogP contribution < -0.4 is 0 Å². The number of nitrogens with zero attached hydrogens (tertiary/aromatic N) is 3. The summed E-state index contributed by atoms with van der Waals surface area (Å²) in [7, 11) is 0. The Balaban J connectivity index is 0.912. The van der Waals surface area contributed by atoms with E-state index in [1.165, 1.54) is 79.3 Å². The number of aromatic nitrogens is 3. The molecule has 2 aliphatic rings. The van der Waals surface area contributed by atoms with Crippen molar-refractivity contribution in [1.82, 2.24) is 15.0 Å². The van der Waals surface area contributed by atoms with Crippen LogP contribution in [-0.4, -0.2) is 15.0 Å². The lowest BCUT2D eigenvalue weighted by molar-refractivity contribution is 0.722. The summed E-state index contributed by atoms with van der Waals surface area (Å²) in [6.07, 6.45) is 9.42. The molecule has 0 radical (unpaired) electrons. The predicted octanol–water partition coefficient (Wildman–Crippen LogP) is 15.9. The summed E-state index contributed by atoms with van der Waals surface area (Å²) < 4.78 is 5.09. The van der Waals surface area contributed by atoms with Crippen molar-refractivity contribution in [2.45, 2.75) is 11.8 Å². The molecule has 0 N–H and O–H groups in total. The van der Waals surface area contributed by atoms with Crippen molar-refractivity contribution in [3.05, 3.63) is 210 Å². The summed E-state index contributed by atoms with van der Waals surface area (Å²) in [5.41, 5.74) is 13.1. The molecule has 5 heteroatoms. The van der Waals surface area contributed by atoms with Gasteiger partial charge in [-0.3, -0.25) is 0 Å². The first-order valence-corrected chi connectivity index (χ1v) is 22.7. The molecule has 8 aromatic carbocycles. The molecule has 0 amide bonds. The maximum atomic E-state index is 5.19. The van der Waals surface area contributed by atoms with Crippen LogP contribution >= 0.6 is 22.7 Å². The molecule has 0 saturated carbocycles. The Morgan fingerprint density at radius 2 is 0.903 bits per heavy atom. The van der Waals surface area contributed by atoms with Gasteiger partial charge in [0.05, 0.1) is 0 Å². The van der Waals surface area contributed by atoms with E-state index in [9.17, 15) is 0 Å². The fraction of sp³-hybridized carbons (Fsp3) is 0.0351. The van der Waals surface area contributed by atoms with Crippen LogP contribution in [0.2, 0.25) is 0 Å². The molecule has 3 heterocycles. The smallest absolute Gasteiger partial charge is 0.164 e. The molecule has 290 valence electrons. The first-order valence-electron chi connectivity index (χ1n) is 21.1. The molecule has 3 nitrogen and oxygen atoms in total. The second kappa shape index (κ2) is 14.1. The van der Waals surface area contributed by atoms with E-state index in [-0.39, 0.29) is 0 Å². The average molecular weight is 826 g/mol. The fourth-order valence-electron chi connectivity index (χ4n) is 9.70. The summed E-state index contributed by atoms with van der Waals surface area (Å²) in [5, 5.41) is 5.02. The van der Waals surface area contributed by atoms with E-state index in [4.69, 9.17) is 15.0 Å². The van der Waals surface area contributed by atoms with Gasteiger partial charge in [-0.25, -0.2) is 15.0 Å². The summed E-state index contributed by atoms with van der Waals surface area (Å²) in [6, 6.07) is 63.6. The number of hydrogen-bond donors (Lipinski definition) is 0. The predicted molar refractivity (Wildman–Crippen MR) is 263 cm³/mol. The van der Waals surface area contributed by atoms with Gasteiger partial charge in [-0.2, -0.15) is 0 Å². The first-order chi connectivity index (χ1) is 30.7. The maximum absolute atomic E-state index is 5.19. The van der Waals surface area contributed by atoms with Crippen LogP contribution in [0.4, 0.5) is 0 Å². The van der Waals surface area contributed by atoms with Crippen LogP contribution in [0, 0.1) is 0 Å². The van der Waals surface area contributed by atoms with Crippen LogP contribution in [0.3, 0.4) is 0 Å². The van der Waals surface area contributed by atoms with Crippen LogP contribution in [0.5, 0.6) is 0 Å². The monoisotopic (exact) mass is 825 g/mol. The van der Waals surface area contributed by atoms with Crippen molar-refractivity contribution in [3.8, 4) is 56.4 Å². The minimum absolute atomic E-state index is 0.323. The van der Waals surface area contributed by atoms with Gasteiger partial charge < -0.3 is 0 Å². The normalized spacial score (nSPS) is 15.3. The molecular formula is C57H35N3S2. The van der Waals surface area contributed by atoms with Crippen LogP contribution in [-0.2, 0) is 0 Å². The minimum atomic E-state index is 0.323. The second-order valence-electron chi connectivity index (χ2n) is 16.3. The van der Waals surface area contributed by atoms with Gasteiger partial charge in [-0.15, -0.1) is 22.7 Å². The molecule has 2 atom stereocenters. The van der Waals surface area contributed by atoms with Crippen molar-refractivity contribution in [1.29, 1.82) is 0 Å². The molecule has 0 aliphatic heterocycles. The lowest BCUT2D eigenvalue weighted by Crippen LogP contribution is -2.15. The highest BCUT2D eigenvalue weighted by Crippen LogP contribution is 2.47. The van der Waals surface area contributed by atoms with Crippen molar-refractivity contribution in [3.63, 3.8) is 0 Å². The zero-order valence-electron chi connectivity index (χ0n) is 33.4. The highest BCUT2D eigenvalue weighted by atomic mass is 32.1. The molecule has 0 bridgehead atoms. The summed E-state index contributed by atoms with van der Waals surface area (Å²) >= 11 is 3.67. The summed E-state index contributed by atoms with van der Waals surface area (Å²) in [5.74, 6) is 2.64. The van der Waals surface area contributed by atoms with Gasteiger partial charge >= 0.3 is 0 Å². The fourth-order valence-corrected chi connectivity index (χ4v) is 11.9. The molecule has 62 heavy (non-hydrogen) atoms. The van der Waals surface area contributed by atoms with E-state index < -0.39 is 0 Å². The Labute approximate surface area is 366 Å². The van der Waals surface area contributed by atoms with E-state index in [1.54, 1.807) is 0 Å². The highest BCUT2D eigenvalue weighted by Gasteiger charge is 2.29. The van der Waals surface area contributed by atoms with Gasteiger partial charge in [0.25, 0.3) is 0 Å². The molecule has 0 fully saturated rings. The maximum Gasteiger partial charge on any atom is 0.164 e. The highest BCUT2D eigenvalue weighted by molar-refractivity contribution is 7.26. The molecule has 3 aromatic heterocycles. The molecule has 13 rings (SSSR count). The van der Waals surface area contributed by atoms with Gasteiger partial charge in [-0.1, -0.05) is 146 Å². The van der Waals surface area contributed by atoms with Crippen LogP contribution in [0.15, 0.2) is 188 Å². The van der Waals surface area contributed by atoms with Crippen LogP contribution in [0.25, 0.3) is 109 Å². The SMILES string of the molecule is C1=CC2c3cc(-c4ccc5sc6cccc(-c7cccc(-c8nc(-c9ccccc9)nc(-c9ccc%10sc%11ccccc%11c%10c9)n8)c7)c6c5c4)ccc3C=CC2c2ccccc21. The molecular weight excluding hydrogens is 791 g/mol. The Morgan fingerprint density at radius 3 is 1.77 bits per heavy atom. The van der Waals surface area contributed by atoms with E-state index in [0.717, 1.165) is 22.3 Å². The summed E-state index contributed by atoms with van der Waals surface area (Å²) in [6.45, 7) is 0. The Kier molecular flexibility index (Phi) is 8.08. The standard InChI is InChI=1S/C57H35N3S2/c1-2-11-36(12-3-1)55-58-56(60-57(59-55)41-25-29-51-48(33-41)46-16-6-7-18-50(46)61-51)40-14-8-13-39(30-40)43-17-9-19-53-54(43)49-32-38(24-28-52(49)62-53)37-21-20-35-23-26-44-42-15-5-4-10-34(42)22-27-45(44)47(35)31-37/h1-33,44-45H. The van der Waals surface area contributed by atoms with Crippen molar-refractivity contribution in [2.24, 2.45) is 0 Å². The number of rotatable bonds is 5. The number of benzene rings is 8. The van der Waals surface area contributed by atoms with Gasteiger partial charge in [-0.05, 0) is 99.1 Å². The van der Waals surface area contributed by atoms with Crippen molar-refractivity contribution < 1.29 is 0 Å². The number of allylic oxidation sites excluding steroid dienone is 2. The quantitative estimate of drug-likeness (QED) is 0.173. The number of hydrogen-bond acceptors (Lipinski definition) is 5. The van der Waals surface area contributed by atoms with Crippen molar-refractivity contribution >= 4 is 75.2 Å². The largest absolute Gasteiger partial charge is 0.208 e. The average Bonchev–Trinajstić information content (AvgIpc) is 3.91.